The maximum Gasteiger partial charge on any atom is 0.269 e. The Balaban J connectivity index is 2.21. The first-order valence-corrected chi connectivity index (χ1v) is 7.32. The van der Waals surface area contributed by atoms with Crippen LogP contribution in [0.5, 0.6) is 0 Å². The highest BCUT2D eigenvalue weighted by atomic mass is 79.9. The second-order valence-electron chi connectivity index (χ2n) is 3.98. The van der Waals surface area contributed by atoms with Crippen molar-refractivity contribution in [3.05, 3.63) is 62.6 Å². The van der Waals surface area contributed by atoms with Crippen molar-refractivity contribution in [2.45, 2.75) is 9.79 Å². The van der Waals surface area contributed by atoms with Gasteiger partial charge in [0.05, 0.1) is 4.92 Å². The Labute approximate surface area is 132 Å². The highest BCUT2D eigenvalue weighted by molar-refractivity contribution is 9.10. The summed E-state index contributed by atoms with van der Waals surface area (Å²) in [5.41, 5.74) is 6.17. The summed E-state index contributed by atoms with van der Waals surface area (Å²) in [4.78, 5) is 12.0. The summed E-state index contributed by atoms with van der Waals surface area (Å²) < 4.78 is 0.787. The molecule has 0 saturated heterocycles. The highest BCUT2D eigenvalue weighted by Crippen LogP contribution is 2.34. The van der Waals surface area contributed by atoms with Crippen LogP contribution in [0.15, 0.2) is 61.9 Å². The van der Waals surface area contributed by atoms with Crippen LogP contribution >= 0.6 is 27.7 Å². The molecule has 0 atom stereocenters. The van der Waals surface area contributed by atoms with Crippen molar-refractivity contribution >= 4 is 39.2 Å². The molecule has 2 rings (SSSR count). The van der Waals surface area contributed by atoms with Gasteiger partial charge in [-0.2, -0.15) is 0 Å². The Bertz CT molecular complexity index is 704. The van der Waals surface area contributed by atoms with Crippen molar-refractivity contribution in [3.8, 4) is 0 Å². The van der Waals surface area contributed by atoms with Crippen LogP contribution in [0.1, 0.15) is 5.56 Å². The van der Waals surface area contributed by atoms with Crippen LogP contribution in [-0.4, -0.2) is 16.0 Å². The summed E-state index contributed by atoms with van der Waals surface area (Å²) in [6, 6.07) is 11.6. The Morgan fingerprint density at radius 2 is 1.95 bits per heavy atom. The zero-order valence-corrected chi connectivity index (χ0v) is 13.0. The normalized spacial score (nSPS) is 11.4. The molecule has 0 aliphatic heterocycles. The number of oxime groups is 1. The van der Waals surface area contributed by atoms with E-state index < -0.39 is 4.92 Å². The van der Waals surface area contributed by atoms with Gasteiger partial charge in [-0.25, -0.2) is 0 Å². The van der Waals surface area contributed by atoms with Gasteiger partial charge >= 0.3 is 0 Å². The van der Waals surface area contributed by atoms with Crippen molar-refractivity contribution in [1.29, 1.82) is 0 Å². The van der Waals surface area contributed by atoms with E-state index in [0.717, 1.165) is 14.3 Å². The number of nitrogens with zero attached hydrogens (tertiary/aromatic N) is 2. The van der Waals surface area contributed by atoms with Gasteiger partial charge in [-0.05, 0) is 46.3 Å². The van der Waals surface area contributed by atoms with E-state index in [1.165, 1.54) is 23.9 Å². The molecule has 21 heavy (non-hydrogen) atoms. The molecule has 8 heteroatoms. The fourth-order valence-electron chi connectivity index (χ4n) is 1.56. The van der Waals surface area contributed by atoms with Gasteiger partial charge in [0.25, 0.3) is 5.69 Å². The smallest absolute Gasteiger partial charge is 0.269 e. The lowest BCUT2D eigenvalue weighted by atomic mass is 10.2. The quantitative estimate of drug-likeness (QED) is 0.282. The number of nitro groups is 1. The van der Waals surface area contributed by atoms with E-state index in [0.29, 0.717) is 5.56 Å². The molecule has 2 aromatic carbocycles. The monoisotopic (exact) mass is 367 g/mol. The Kier molecular flexibility index (Phi) is 4.81. The number of amidine groups is 1. The minimum absolute atomic E-state index is 0.0302. The van der Waals surface area contributed by atoms with Crippen LogP contribution in [-0.2, 0) is 0 Å². The van der Waals surface area contributed by atoms with Crippen LogP contribution in [0.4, 0.5) is 5.69 Å². The van der Waals surface area contributed by atoms with Gasteiger partial charge < -0.3 is 10.9 Å². The maximum absolute atomic E-state index is 10.6. The molecule has 0 unspecified atom stereocenters. The molecule has 0 saturated carbocycles. The number of nitro benzene ring substituents is 1. The standard InChI is InChI=1S/C13H10BrN3O3S/c14-11-7-8(13(15)16-18)1-6-12(11)21-10-4-2-9(3-5-10)17(19)20/h1-7,18H,(H2,15,16). The molecule has 0 amide bonds. The van der Waals surface area contributed by atoms with Crippen LogP contribution in [0.25, 0.3) is 0 Å². The summed E-state index contributed by atoms with van der Waals surface area (Å²) in [5, 5.41) is 22.2. The third-order valence-corrected chi connectivity index (χ3v) is 4.61. The van der Waals surface area contributed by atoms with Crippen LogP contribution in [0, 0.1) is 10.1 Å². The lowest BCUT2D eigenvalue weighted by molar-refractivity contribution is -0.384. The highest BCUT2D eigenvalue weighted by Gasteiger charge is 2.08. The molecule has 0 fully saturated rings. The zero-order chi connectivity index (χ0) is 15.4. The molecular weight excluding hydrogens is 358 g/mol. The van der Waals surface area contributed by atoms with E-state index in [1.807, 2.05) is 6.07 Å². The van der Waals surface area contributed by atoms with Gasteiger partial charge in [0.1, 0.15) is 0 Å². The molecule has 0 aliphatic rings. The summed E-state index contributed by atoms with van der Waals surface area (Å²) in [6.45, 7) is 0. The van der Waals surface area contributed by atoms with E-state index >= 15 is 0 Å². The van der Waals surface area contributed by atoms with Crippen molar-refractivity contribution < 1.29 is 10.1 Å². The number of hydrogen-bond donors (Lipinski definition) is 2. The van der Waals surface area contributed by atoms with E-state index in [1.54, 1.807) is 24.3 Å². The predicted molar refractivity (Wildman–Crippen MR) is 83.9 cm³/mol. The zero-order valence-electron chi connectivity index (χ0n) is 10.6. The molecule has 6 nitrogen and oxygen atoms in total. The summed E-state index contributed by atoms with van der Waals surface area (Å²) in [6.07, 6.45) is 0. The average molecular weight is 368 g/mol. The molecule has 2 aromatic rings. The maximum atomic E-state index is 10.6. The molecule has 3 N–H and O–H groups in total. The Hall–Kier alpha value is -2.06. The molecular formula is C13H10BrN3O3S. The Morgan fingerprint density at radius 3 is 2.48 bits per heavy atom. The molecule has 0 spiro atoms. The minimum Gasteiger partial charge on any atom is -0.409 e. The Morgan fingerprint density at radius 1 is 1.29 bits per heavy atom. The third kappa shape index (κ3) is 3.73. The van der Waals surface area contributed by atoms with Gasteiger partial charge in [-0.15, -0.1) is 0 Å². The molecule has 0 aromatic heterocycles. The van der Waals surface area contributed by atoms with Crippen molar-refractivity contribution in [3.63, 3.8) is 0 Å². The van der Waals surface area contributed by atoms with Gasteiger partial charge in [-0.3, -0.25) is 10.1 Å². The second kappa shape index (κ2) is 6.59. The number of hydrogen-bond acceptors (Lipinski definition) is 5. The third-order valence-electron chi connectivity index (χ3n) is 2.61. The first-order chi connectivity index (χ1) is 10.0. The van der Waals surface area contributed by atoms with Gasteiger partial charge in [0.15, 0.2) is 5.84 Å². The van der Waals surface area contributed by atoms with E-state index in [9.17, 15) is 10.1 Å². The first kappa shape index (κ1) is 15.3. The molecule has 0 radical (unpaired) electrons. The molecule has 0 aliphatic carbocycles. The fraction of sp³-hybridized carbons (Fsp3) is 0. The summed E-state index contributed by atoms with van der Waals surface area (Å²) in [7, 11) is 0. The summed E-state index contributed by atoms with van der Waals surface area (Å²) >= 11 is 4.87. The number of non-ortho nitro benzene ring substituents is 1. The number of halogens is 1. The van der Waals surface area contributed by atoms with Gasteiger partial charge in [0, 0.05) is 32.0 Å². The SMILES string of the molecule is N/C(=N/O)c1ccc(Sc2ccc([N+](=O)[O-])cc2)c(Br)c1. The molecule has 108 valence electrons. The van der Waals surface area contributed by atoms with Crippen LogP contribution in [0.2, 0.25) is 0 Å². The van der Waals surface area contributed by atoms with E-state index in [2.05, 4.69) is 21.1 Å². The molecule has 0 bridgehead atoms. The van der Waals surface area contributed by atoms with Crippen LogP contribution in [0.3, 0.4) is 0 Å². The largest absolute Gasteiger partial charge is 0.409 e. The van der Waals surface area contributed by atoms with Gasteiger partial charge in [0.2, 0.25) is 0 Å². The first-order valence-electron chi connectivity index (χ1n) is 5.71. The lowest BCUT2D eigenvalue weighted by Gasteiger charge is -2.06. The summed E-state index contributed by atoms with van der Waals surface area (Å²) in [5.74, 6) is 0.0302. The van der Waals surface area contributed by atoms with Crippen LogP contribution < -0.4 is 5.73 Å². The topological polar surface area (TPSA) is 102 Å². The predicted octanol–water partition coefficient (Wildman–Crippen LogP) is 3.60. The average Bonchev–Trinajstić information content (AvgIpc) is 2.49. The van der Waals surface area contributed by atoms with E-state index in [4.69, 9.17) is 10.9 Å². The fourth-order valence-corrected chi connectivity index (χ4v) is 3.00. The molecule has 0 heterocycles. The van der Waals surface area contributed by atoms with Crippen molar-refractivity contribution in [1.82, 2.24) is 0 Å². The van der Waals surface area contributed by atoms with Crippen molar-refractivity contribution in [2.24, 2.45) is 10.9 Å². The van der Waals surface area contributed by atoms with E-state index in [-0.39, 0.29) is 11.5 Å². The number of nitrogens with two attached hydrogens (primary N) is 1. The number of benzene rings is 2. The van der Waals surface area contributed by atoms with Gasteiger partial charge in [-0.1, -0.05) is 16.9 Å². The second-order valence-corrected chi connectivity index (χ2v) is 5.95. The minimum atomic E-state index is -0.434. The lowest BCUT2D eigenvalue weighted by Crippen LogP contribution is -2.12. The number of rotatable bonds is 4. The van der Waals surface area contributed by atoms with Crippen molar-refractivity contribution in [2.75, 3.05) is 0 Å².